The molecule has 0 amide bonds. The summed E-state index contributed by atoms with van der Waals surface area (Å²) in [6, 6.07) is 0. The summed E-state index contributed by atoms with van der Waals surface area (Å²) >= 11 is 1.60. The van der Waals surface area contributed by atoms with Crippen molar-refractivity contribution < 1.29 is 4.79 Å². The second-order valence-corrected chi connectivity index (χ2v) is 4.49. The minimum Gasteiger partial charge on any atom is -0.302 e. The molecule has 0 radical (unpaired) electrons. The topological polar surface area (TPSA) is 20.3 Å². The number of likely N-dealkylation sites (N-methyl/N-ethyl adjacent to an activating group) is 1. The summed E-state index contributed by atoms with van der Waals surface area (Å²) in [7, 11) is 2.10. The SMILES string of the molecule is CC(=O)c1scc2c1CN(C)CC2. The molecule has 2 heterocycles. The van der Waals surface area contributed by atoms with Crippen molar-refractivity contribution in [1.29, 1.82) is 0 Å². The van der Waals surface area contributed by atoms with E-state index in [0.29, 0.717) is 0 Å². The van der Waals surface area contributed by atoms with Gasteiger partial charge in [-0.15, -0.1) is 11.3 Å². The number of nitrogens with zero attached hydrogens (tertiary/aromatic N) is 1. The van der Waals surface area contributed by atoms with Crippen LogP contribution in [0.15, 0.2) is 5.38 Å². The highest BCUT2D eigenvalue weighted by molar-refractivity contribution is 7.12. The fourth-order valence-electron chi connectivity index (χ4n) is 1.76. The van der Waals surface area contributed by atoms with Crippen molar-refractivity contribution in [2.24, 2.45) is 0 Å². The lowest BCUT2D eigenvalue weighted by Gasteiger charge is -2.22. The summed E-state index contributed by atoms with van der Waals surface area (Å²) in [5.74, 6) is 0.210. The molecule has 1 aliphatic rings. The number of Topliss-reactive ketones (excluding diaryl/α,β-unsaturated/α-hetero) is 1. The van der Waals surface area contributed by atoms with E-state index in [1.807, 2.05) is 0 Å². The first-order valence-electron chi connectivity index (χ1n) is 4.47. The molecule has 0 aromatic carbocycles. The quantitative estimate of drug-likeness (QED) is 0.638. The third-order valence-electron chi connectivity index (χ3n) is 2.49. The van der Waals surface area contributed by atoms with Gasteiger partial charge in [0.2, 0.25) is 0 Å². The molecule has 3 heteroatoms. The molecule has 1 aromatic rings. The normalized spacial score (nSPS) is 17.1. The maximum absolute atomic E-state index is 11.3. The third-order valence-corrected chi connectivity index (χ3v) is 3.66. The minimum atomic E-state index is 0.210. The molecule has 1 aromatic heterocycles. The average Bonchev–Trinajstić information content (AvgIpc) is 2.46. The lowest BCUT2D eigenvalue weighted by Crippen LogP contribution is -2.26. The molecule has 1 aliphatic heterocycles. The van der Waals surface area contributed by atoms with E-state index >= 15 is 0 Å². The zero-order valence-electron chi connectivity index (χ0n) is 7.96. The summed E-state index contributed by atoms with van der Waals surface area (Å²) in [6.07, 6.45) is 1.09. The predicted molar refractivity (Wildman–Crippen MR) is 54.4 cm³/mol. The van der Waals surface area contributed by atoms with Gasteiger partial charge in [-0.1, -0.05) is 0 Å². The summed E-state index contributed by atoms with van der Waals surface area (Å²) in [5.41, 5.74) is 2.65. The van der Waals surface area contributed by atoms with Gasteiger partial charge in [-0.3, -0.25) is 4.79 Å². The van der Waals surface area contributed by atoms with Crippen molar-refractivity contribution in [1.82, 2.24) is 4.90 Å². The highest BCUT2D eigenvalue weighted by Crippen LogP contribution is 2.27. The van der Waals surface area contributed by atoms with Gasteiger partial charge in [-0.2, -0.15) is 0 Å². The number of carbonyl (C=O) groups is 1. The van der Waals surface area contributed by atoms with E-state index < -0.39 is 0 Å². The number of hydrogen-bond acceptors (Lipinski definition) is 3. The van der Waals surface area contributed by atoms with Crippen molar-refractivity contribution in [3.05, 3.63) is 21.4 Å². The molecule has 0 spiro atoms. The number of fused-ring (bicyclic) bond motifs is 1. The average molecular weight is 195 g/mol. The van der Waals surface area contributed by atoms with E-state index in [2.05, 4.69) is 17.3 Å². The first-order chi connectivity index (χ1) is 6.18. The molecule has 0 saturated carbocycles. The van der Waals surface area contributed by atoms with Crippen molar-refractivity contribution in [2.75, 3.05) is 13.6 Å². The number of hydrogen-bond donors (Lipinski definition) is 0. The molecule has 0 unspecified atom stereocenters. The van der Waals surface area contributed by atoms with E-state index in [1.54, 1.807) is 18.3 Å². The lowest BCUT2D eigenvalue weighted by molar-refractivity contribution is 0.101. The van der Waals surface area contributed by atoms with Gasteiger partial charge in [0, 0.05) is 13.1 Å². The Morgan fingerprint density at radius 3 is 3.08 bits per heavy atom. The van der Waals surface area contributed by atoms with E-state index in [9.17, 15) is 4.79 Å². The fourth-order valence-corrected chi connectivity index (χ4v) is 2.78. The largest absolute Gasteiger partial charge is 0.302 e. The van der Waals surface area contributed by atoms with Crippen LogP contribution < -0.4 is 0 Å². The zero-order valence-corrected chi connectivity index (χ0v) is 8.78. The monoisotopic (exact) mass is 195 g/mol. The first kappa shape index (κ1) is 8.91. The van der Waals surface area contributed by atoms with Crippen LogP contribution in [0.25, 0.3) is 0 Å². The summed E-state index contributed by atoms with van der Waals surface area (Å²) in [6.45, 7) is 3.70. The van der Waals surface area contributed by atoms with Crippen LogP contribution in [-0.4, -0.2) is 24.3 Å². The molecular formula is C10H13NOS. The van der Waals surface area contributed by atoms with E-state index in [-0.39, 0.29) is 5.78 Å². The molecule has 0 N–H and O–H groups in total. The van der Waals surface area contributed by atoms with Gasteiger partial charge in [0.25, 0.3) is 0 Å². The Bertz CT molecular complexity index is 343. The van der Waals surface area contributed by atoms with Crippen LogP contribution in [0.2, 0.25) is 0 Å². The van der Waals surface area contributed by atoms with Gasteiger partial charge in [0.05, 0.1) is 4.88 Å². The fraction of sp³-hybridized carbons (Fsp3) is 0.500. The Kier molecular flexibility index (Phi) is 2.22. The maximum atomic E-state index is 11.3. The predicted octanol–water partition coefficient (Wildman–Crippen LogP) is 1.94. The van der Waals surface area contributed by atoms with Gasteiger partial charge in [-0.25, -0.2) is 0 Å². The van der Waals surface area contributed by atoms with Gasteiger partial charge >= 0.3 is 0 Å². The smallest absolute Gasteiger partial charge is 0.170 e. The van der Waals surface area contributed by atoms with Crippen LogP contribution in [-0.2, 0) is 13.0 Å². The van der Waals surface area contributed by atoms with Crippen molar-refractivity contribution >= 4 is 17.1 Å². The van der Waals surface area contributed by atoms with Crippen LogP contribution >= 0.6 is 11.3 Å². The van der Waals surface area contributed by atoms with Gasteiger partial charge < -0.3 is 4.90 Å². The van der Waals surface area contributed by atoms with E-state index in [4.69, 9.17) is 0 Å². The van der Waals surface area contributed by atoms with E-state index in [1.165, 1.54) is 11.1 Å². The molecule has 0 fully saturated rings. The van der Waals surface area contributed by atoms with Crippen LogP contribution in [0.3, 0.4) is 0 Å². The van der Waals surface area contributed by atoms with Crippen molar-refractivity contribution in [3.63, 3.8) is 0 Å². The number of ketones is 1. The Labute approximate surface area is 82.2 Å². The molecule has 2 nitrogen and oxygen atoms in total. The summed E-state index contributed by atoms with van der Waals surface area (Å²) in [5, 5.41) is 2.14. The molecule has 0 saturated heterocycles. The standard InChI is InChI=1S/C10H13NOS/c1-7(12)10-9-5-11(2)4-3-8(9)6-13-10/h6H,3-5H2,1-2H3. The molecule has 2 rings (SSSR count). The number of rotatable bonds is 1. The highest BCUT2D eigenvalue weighted by Gasteiger charge is 2.20. The second kappa shape index (κ2) is 3.24. The maximum Gasteiger partial charge on any atom is 0.170 e. The Morgan fingerprint density at radius 2 is 2.38 bits per heavy atom. The Hall–Kier alpha value is -0.670. The van der Waals surface area contributed by atoms with Gasteiger partial charge in [-0.05, 0) is 36.9 Å². The molecule has 0 atom stereocenters. The second-order valence-electron chi connectivity index (χ2n) is 3.61. The van der Waals surface area contributed by atoms with Gasteiger partial charge in [0.15, 0.2) is 5.78 Å². The van der Waals surface area contributed by atoms with Crippen molar-refractivity contribution in [2.45, 2.75) is 19.9 Å². The van der Waals surface area contributed by atoms with Crippen LogP contribution in [0.4, 0.5) is 0 Å². The molecule has 13 heavy (non-hydrogen) atoms. The third kappa shape index (κ3) is 1.54. The highest BCUT2D eigenvalue weighted by atomic mass is 32.1. The lowest BCUT2D eigenvalue weighted by atomic mass is 10.0. The van der Waals surface area contributed by atoms with Gasteiger partial charge in [0.1, 0.15) is 0 Å². The minimum absolute atomic E-state index is 0.210. The molecule has 0 bridgehead atoms. The number of thiophene rings is 1. The molecule has 70 valence electrons. The van der Waals surface area contributed by atoms with E-state index in [0.717, 1.165) is 24.4 Å². The van der Waals surface area contributed by atoms with Crippen molar-refractivity contribution in [3.8, 4) is 0 Å². The van der Waals surface area contributed by atoms with Crippen LogP contribution in [0.5, 0.6) is 0 Å². The summed E-state index contributed by atoms with van der Waals surface area (Å²) in [4.78, 5) is 14.5. The first-order valence-corrected chi connectivity index (χ1v) is 5.35. The zero-order chi connectivity index (χ0) is 9.42. The van der Waals surface area contributed by atoms with Crippen LogP contribution in [0, 0.1) is 0 Å². The molecule has 0 aliphatic carbocycles. The van der Waals surface area contributed by atoms with Crippen LogP contribution in [0.1, 0.15) is 27.7 Å². The Balaban J connectivity index is 2.41. The Morgan fingerprint density at radius 1 is 1.62 bits per heavy atom. The number of carbonyl (C=O) groups excluding carboxylic acids is 1. The molecular weight excluding hydrogens is 182 g/mol. The summed E-state index contributed by atoms with van der Waals surface area (Å²) < 4.78 is 0.